The van der Waals surface area contributed by atoms with Crippen LogP contribution in [0.25, 0.3) is 0 Å². The van der Waals surface area contributed by atoms with Crippen LogP contribution in [0.5, 0.6) is 0 Å². The second-order valence-corrected chi connectivity index (χ2v) is 4.08. The second-order valence-electron chi connectivity index (χ2n) is 3.65. The molecule has 0 radical (unpaired) electrons. The molecular weight excluding hydrogens is 230 g/mol. The molecule has 1 amide bonds. The molecule has 0 spiro atoms. The standard InChI is InChI=1S/C11H10ClNO3/c12-8-3-1-7-2-4-10(14)13(6-11(15)16)9(7)5-8/h1,3,5H,2,4,6H2,(H,15,16). The smallest absolute Gasteiger partial charge is 0.323 e. The van der Waals surface area contributed by atoms with Crippen molar-refractivity contribution >= 4 is 29.2 Å². The topological polar surface area (TPSA) is 57.6 Å². The van der Waals surface area contributed by atoms with Crippen molar-refractivity contribution in [2.45, 2.75) is 12.8 Å². The highest BCUT2D eigenvalue weighted by atomic mass is 35.5. The molecule has 2 rings (SSSR count). The number of carboxylic acid groups (broad SMARTS) is 1. The first-order valence-corrected chi connectivity index (χ1v) is 5.26. The summed E-state index contributed by atoms with van der Waals surface area (Å²) in [7, 11) is 0. The Balaban J connectivity index is 2.42. The average molecular weight is 240 g/mol. The number of carbonyl (C=O) groups excluding carboxylic acids is 1. The first kappa shape index (κ1) is 11.0. The number of hydrogen-bond donors (Lipinski definition) is 1. The Hall–Kier alpha value is -1.55. The van der Waals surface area contributed by atoms with Crippen LogP contribution in [-0.4, -0.2) is 23.5 Å². The Morgan fingerprint density at radius 2 is 2.19 bits per heavy atom. The van der Waals surface area contributed by atoms with Gasteiger partial charge in [-0.25, -0.2) is 0 Å². The molecule has 1 heterocycles. The van der Waals surface area contributed by atoms with E-state index in [1.165, 1.54) is 4.90 Å². The molecule has 1 aromatic rings. The van der Waals surface area contributed by atoms with Gasteiger partial charge in [-0.3, -0.25) is 9.59 Å². The van der Waals surface area contributed by atoms with E-state index in [0.717, 1.165) is 5.56 Å². The van der Waals surface area contributed by atoms with Gasteiger partial charge in [0.15, 0.2) is 0 Å². The average Bonchev–Trinajstić information content (AvgIpc) is 2.22. The second kappa shape index (κ2) is 4.14. The van der Waals surface area contributed by atoms with Crippen molar-refractivity contribution in [3.05, 3.63) is 28.8 Å². The van der Waals surface area contributed by atoms with Gasteiger partial charge in [-0.1, -0.05) is 17.7 Å². The summed E-state index contributed by atoms with van der Waals surface area (Å²) < 4.78 is 0. The van der Waals surface area contributed by atoms with Crippen molar-refractivity contribution in [2.24, 2.45) is 0 Å². The van der Waals surface area contributed by atoms with Gasteiger partial charge in [0.25, 0.3) is 0 Å². The Morgan fingerprint density at radius 1 is 1.44 bits per heavy atom. The largest absolute Gasteiger partial charge is 0.480 e. The van der Waals surface area contributed by atoms with Crippen molar-refractivity contribution < 1.29 is 14.7 Å². The number of hydrogen-bond acceptors (Lipinski definition) is 2. The van der Waals surface area contributed by atoms with E-state index in [1.807, 2.05) is 6.07 Å². The van der Waals surface area contributed by atoms with Gasteiger partial charge < -0.3 is 10.0 Å². The number of rotatable bonds is 2. The summed E-state index contributed by atoms with van der Waals surface area (Å²) in [6, 6.07) is 5.21. The maximum Gasteiger partial charge on any atom is 0.323 e. The number of anilines is 1. The molecule has 5 heteroatoms. The number of aryl methyl sites for hydroxylation is 1. The van der Waals surface area contributed by atoms with E-state index in [0.29, 0.717) is 23.6 Å². The first-order chi connectivity index (χ1) is 7.58. The molecule has 0 atom stereocenters. The zero-order chi connectivity index (χ0) is 11.7. The number of carbonyl (C=O) groups is 2. The molecule has 0 aromatic heterocycles. The van der Waals surface area contributed by atoms with Crippen LogP contribution in [0.3, 0.4) is 0 Å². The molecule has 1 aliphatic heterocycles. The van der Waals surface area contributed by atoms with Crippen molar-refractivity contribution in [3.8, 4) is 0 Å². The highest BCUT2D eigenvalue weighted by molar-refractivity contribution is 6.31. The molecule has 0 saturated heterocycles. The highest BCUT2D eigenvalue weighted by Crippen LogP contribution is 2.30. The predicted molar refractivity (Wildman–Crippen MR) is 59.8 cm³/mol. The van der Waals surface area contributed by atoms with Gasteiger partial charge in [-0.15, -0.1) is 0 Å². The quantitative estimate of drug-likeness (QED) is 0.855. The number of aliphatic carboxylic acids is 1. The summed E-state index contributed by atoms with van der Waals surface area (Å²) in [5.74, 6) is -1.20. The fourth-order valence-corrected chi connectivity index (χ4v) is 1.99. The van der Waals surface area contributed by atoms with Gasteiger partial charge in [0.05, 0.1) is 0 Å². The third-order valence-corrected chi connectivity index (χ3v) is 2.78. The normalized spacial score (nSPS) is 14.8. The molecule has 0 saturated carbocycles. The maximum absolute atomic E-state index is 11.6. The molecule has 1 N–H and O–H groups in total. The lowest BCUT2D eigenvalue weighted by molar-refractivity contribution is -0.136. The fraction of sp³-hybridized carbons (Fsp3) is 0.273. The van der Waals surface area contributed by atoms with Crippen LogP contribution >= 0.6 is 11.6 Å². The molecule has 1 aliphatic rings. The summed E-state index contributed by atoms with van der Waals surface area (Å²) >= 11 is 5.84. The monoisotopic (exact) mass is 239 g/mol. The Kier molecular flexibility index (Phi) is 2.83. The highest BCUT2D eigenvalue weighted by Gasteiger charge is 2.25. The van der Waals surface area contributed by atoms with Crippen molar-refractivity contribution in [2.75, 3.05) is 11.4 Å². The van der Waals surface area contributed by atoms with Crippen LogP contribution in [-0.2, 0) is 16.0 Å². The van der Waals surface area contributed by atoms with Gasteiger partial charge in [0, 0.05) is 17.1 Å². The molecule has 16 heavy (non-hydrogen) atoms. The minimum atomic E-state index is -1.03. The third kappa shape index (κ3) is 2.02. The van der Waals surface area contributed by atoms with E-state index in [9.17, 15) is 9.59 Å². The van der Waals surface area contributed by atoms with Crippen LogP contribution in [0.2, 0.25) is 5.02 Å². The summed E-state index contributed by atoms with van der Waals surface area (Å²) in [5.41, 5.74) is 1.58. The van der Waals surface area contributed by atoms with E-state index < -0.39 is 5.97 Å². The number of fused-ring (bicyclic) bond motifs is 1. The Morgan fingerprint density at radius 3 is 2.88 bits per heavy atom. The molecule has 0 aliphatic carbocycles. The van der Waals surface area contributed by atoms with E-state index in [1.54, 1.807) is 12.1 Å². The van der Waals surface area contributed by atoms with Gasteiger partial charge in [-0.2, -0.15) is 0 Å². The molecule has 0 unspecified atom stereocenters. The zero-order valence-corrected chi connectivity index (χ0v) is 9.20. The number of carboxylic acids is 1. The molecule has 1 aromatic carbocycles. The van der Waals surface area contributed by atoms with Crippen LogP contribution < -0.4 is 4.90 Å². The number of nitrogens with zero attached hydrogens (tertiary/aromatic N) is 1. The number of amides is 1. The molecule has 84 valence electrons. The molecule has 0 fully saturated rings. The lowest BCUT2D eigenvalue weighted by atomic mass is 10.0. The van der Waals surface area contributed by atoms with E-state index in [2.05, 4.69) is 0 Å². The first-order valence-electron chi connectivity index (χ1n) is 4.88. The van der Waals surface area contributed by atoms with Gasteiger partial charge in [-0.05, 0) is 24.1 Å². The predicted octanol–water partition coefficient (Wildman–Crippen LogP) is 1.70. The van der Waals surface area contributed by atoms with E-state index in [4.69, 9.17) is 16.7 Å². The van der Waals surface area contributed by atoms with Crippen LogP contribution in [0.1, 0.15) is 12.0 Å². The number of halogens is 1. The third-order valence-electron chi connectivity index (χ3n) is 2.54. The molecular formula is C11H10ClNO3. The molecule has 4 nitrogen and oxygen atoms in total. The van der Waals surface area contributed by atoms with Gasteiger partial charge >= 0.3 is 5.97 Å². The van der Waals surface area contributed by atoms with Gasteiger partial charge in [0.2, 0.25) is 5.91 Å². The van der Waals surface area contributed by atoms with E-state index in [-0.39, 0.29) is 12.5 Å². The Bertz CT molecular complexity index is 459. The minimum absolute atomic E-state index is 0.169. The van der Waals surface area contributed by atoms with Crippen molar-refractivity contribution in [3.63, 3.8) is 0 Å². The van der Waals surface area contributed by atoms with Crippen LogP contribution in [0.4, 0.5) is 5.69 Å². The van der Waals surface area contributed by atoms with E-state index >= 15 is 0 Å². The van der Waals surface area contributed by atoms with Crippen LogP contribution in [0.15, 0.2) is 18.2 Å². The van der Waals surface area contributed by atoms with Crippen LogP contribution in [0, 0.1) is 0 Å². The summed E-state index contributed by atoms with van der Waals surface area (Å²) in [4.78, 5) is 23.6. The summed E-state index contributed by atoms with van der Waals surface area (Å²) in [6.07, 6.45) is 0.989. The minimum Gasteiger partial charge on any atom is -0.480 e. The lowest BCUT2D eigenvalue weighted by Gasteiger charge is -2.28. The molecule has 0 bridgehead atoms. The SMILES string of the molecule is O=C(O)CN1C(=O)CCc2ccc(Cl)cc21. The summed E-state index contributed by atoms with van der Waals surface area (Å²) in [5, 5.41) is 9.26. The fourth-order valence-electron chi connectivity index (χ4n) is 1.82. The van der Waals surface area contributed by atoms with Crippen molar-refractivity contribution in [1.29, 1.82) is 0 Å². The maximum atomic E-state index is 11.6. The Labute approximate surface area is 97.4 Å². The zero-order valence-electron chi connectivity index (χ0n) is 8.44. The lowest BCUT2D eigenvalue weighted by Crippen LogP contribution is -2.38. The summed E-state index contributed by atoms with van der Waals surface area (Å²) in [6.45, 7) is -0.313. The van der Waals surface area contributed by atoms with Gasteiger partial charge in [0.1, 0.15) is 6.54 Å². The van der Waals surface area contributed by atoms with Crippen molar-refractivity contribution in [1.82, 2.24) is 0 Å². The number of benzene rings is 1.